The van der Waals surface area contributed by atoms with Gasteiger partial charge in [0.15, 0.2) is 0 Å². The highest BCUT2D eigenvalue weighted by Gasteiger charge is 1.95. The summed E-state index contributed by atoms with van der Waals surface area (Å²) in [6, 6.07) is 0. The minimum Gasteiger partial charge on any atom is -0.241 e. The van der Waals surface area contributed by atoms with Gasteiger partial charge in [-0.15, -0.1) is 0 Å². The Labute approximate surface area is 86.3 Å². The van der Waals surface area contributed by atoms with Crippen LogP contribution in [0.4, 0.5) is 0 Å². The SMILES string of the molecule is C=C/C=C(\C=C)n1cc(C)cn1.CC. The van der Waals surface area contributed by atoms with Crippen molar-refractivity contribution in [3.8, 4) is 0 Å². The molecule has 0 bridgehead atoms. The van der Waals surface area contributed by atoms with Crippen molar-refractivity contribution in [2.24, 2.45) is 0 Å². The number of allylic oxidation sites excluding steroid dienone is 4. The van der Waals surface area contributed by atoms with Crippen LogP contribution in [0.15, 0.2) is 43.8 Å². The van der Waals surface area contributed by atoms with Gasteiger partial charge in [0.2, 0.25) is 0 Å². The van der Waals surface area contributed by atoms with Crippen LogP contribution in [0.3, 0.4) is 0 Å². The maximum atomic E-state index is 4.13. The summed E-state index contributed by atoms with van der Waals surface area (Å²) in [5, 5.41) is 4.13. The van der Waals surface area contributed by atoms with E-state index >= 15 is 0 Å². The molecule has 14 heavy (non-hydrogen) atoms. The maximum Gasteiger partial charge on any atom is 0.0639 e. The fourth-order valence-corrected chi connectivity index (χ4v) is 0.913. The van der Waals surface area contributed by atoms with Gasteiger partial charge in [-0.3, -0.25) is 0 Å². The van der Waals surface area contributed by atoms with Crippen LogP contribution in [0.25, 0.3) is 5.70 Å². The van der Waals surface area contributed by atoms with Gasteiger partial charge in [-0.1, -0.05) is 33.1 Å². The Morgan fingerprint density at radius 2 is 2.07 bits per heavy atom. The molecule has 0 N–H and O–H groups in total. The highest BCUT2D eigenvalue weighted by atomic mass is 15.3. The van der Waals surface area contributed by atoms with E-state index in [1.165, 1.54) is 0 Å². The van der Waals surface area contributed by atoms with Crippen LogP contribution in [-0.2, 0) is 0 Å². The van der Waals surface area contributed by atoms with Crippen molar-refractivity contribution in [2.75, 3.05) is 0 Å². The van der Waals surface area contributed by atoms with E-state index in [4.69, 9.17) is 0 Å². The number of hydrogen-bond acceptors (Lipinski definition) is 1. The zero-order valence-corrected chi connectivity index (χ0v) is 9.20. The molecular weight excluding hydrogens is 172 g/mol. The zero-order valence-electron chi connectivity index (χ0n) is 9.20. The summed E-state index contributed by atoms with van der Waals surface area (Å²) in [5.74, 6) is 0. The average Bonchev–Trinajstić information content (AvgIpc) is 2.64. The second-order valence-corrected chi connectivity index (χ2v) is 2.49. The Morgan fingerprint density at radius 1 is 1.43 bits per heavy atom. The van der Waals surface area contributed by atoms with Crippen molar-refractivity contribution < 1.29 is 0 Å². The number of aromatic nitrogens is 2. The Bertz CT molecular complexity index is 319. The molecule has 2 heteroatoms. The molecule has 1 heterocycles. The van der Waals surface area contributed by atoms with Crippen LogP contribution in [0.5, 0.6) is 0 Å². The topological polar surface area (TPSA) is 17.8 Å². The summed E-state index contributed by atoms with van der Waals surface area (Å²) >= 11 is 0. The molecule has 0 spiro atoms. The van der Waals surface area contributed by atoms with Crippen LogP contribution in [0.2, 0.25) is 0 Å². The summed E-state index contributed by atoms with van der Waals surface area (Å²) in [4.78, 5) is 0. The van der Waals surface area contributed by atoms with Gasteiger partial charge < -0.3 is 0 Å². The van der Waals surface area contributed by atoms with Gasteiger partial charge >= 0.3 is 0 Å². The van der Waals surface area contributed by atoms with Gasteiger partial charge in [0.05, 0.1) is 11.9 Å². The average molecular weight is 190 g/mol. The molecule has 0 saturated heterocycles. The van der Waals surface area contributed by atoms with E-state index in [2.05, 4.69) is 18.3 Å². The van der Waals surface area contributed by atoms with Gasteiger partial charge in [-0.05, 0) is 24.6 Å². The summed E-state index contributed by atoms with van der Waals surface area (Å²) in [6.07, 6.45) is 9.07. The molecule has 1 aromatic heterocycles. The first-order valence-corrected chi connectivity index (χ1v) is 4.74. The molecule has 0 amide bonds. The predicted octanol–water partition coefficient (Wildman–Crippen LogP) is 3.43. The summed E-state index contributed by atoms with van der Waals surface area (Å²) < 4.78 is 1.77. The number of nitrogens with zero attached hydrogens (tertiary/aromatic N) is 2. The molecule has 0 aliphatic heterocycles. The molecule has 0 unspecified atom stereocenters. The number of rotatable bonds is 3. The molecule has 1 rings (SSSR count). The fraction of sp³-hybridized carbons (Fsp3) is 0.250. The Morgan fingerprint density at radius 3 is 2.43 bits per heavy atom. The molecule has 0 aliphatic carbocycles. The Balaban J connectivity index is 0.000000791. The quantitative estimate of drug-likeness (QED) is 0.668. The van der Waals surface area contributed by atoms with E-state index in [0.717, 1.165) is 11.3 Å². The van der Waals surface area contributed by atoms with Crippen LogP contribution in [0, 0.1) is 6.92 Å². The van der Waals surface area contributed by atoms with Gasteiger partial charge in [0.25, 0.3) is 0 Å². The van der Waals surface area contributed by atoms with Gasteiger partial charge in [0, 0.05) is 6.20 Å². The van der Waals surface area contributed by atoms with E-state index in [1.807, 2.05) is 33.0 Å². The molecule has 0 fully saturated rings. The molecule has 76 valence electrons. The van der Waals surface area contributed by atoms with Crippen molar-refractivity contribution in [1.29, 1.82) is 0 Å². The molecule has 0 aromatic carbocycles. The molecule has 0 aliphatic rings. The molecule has 0 saturated carbocycles. The second-order valence-electron chi connectivity index (χ2n) is 2.49. The van der Waals surface area contributed by atoms with E-state index in [0.29, 0.717) is 0 Å². The summed E-state index contributed by atoms with van der Waals surface area (Å²) in [5.41, 5.74) is 2.06. The Kier molecular flexibility index (Phi) is 6.12. The van der Waals surface area contributed by atoms with Crippen LogP contribution < -0.4 is 0 Å². The van der Waals surface area contributed by atoms with Gasteiger partial charge in [0.1, 0.15) is 0 Å². The van der Waals surface area contributed by atoms with E-state index < -0.39 is 0 Å². The van der Waals surface area contributed by atoms with Gasteiger partial charge in [-0.2, -0.15) is 5.10 Å². The molecule has 0 atom stereocenters. The molecule has 0 radical (unpaired) electrons. The molecule has 2 nitrogen and oxygen atoms in total. The lowest BCUT2D eigenvalue weighted by atomic mass is 10.4. The highest BCUT2D eigenvalue weighted by Crippen LogP contribution is 2.05. The number of hydrogen-bond donors (Lipinski definition) is 0. The van der Waals surface area contributed by atoms with Crippen molar-refractivity contribution in [1.82, 2.24) is 9.78 Å². The summed E-state index contributed by atoms with van der Waals surface area (Å²) in [6.45, 7) is 13.3. The number of aryl methyl sites for hydroxylation is 1. The highest BCUT2D eigenvalue weighted by molar-refractivity contribution is 5.57. The van der Waals surface area contributed by atoms with Gasteiger partial charge in [-0.25, -0.2) is 4.68 Å². The smallest absolute Gasteiger partial charge is 0.0639 e. The third kappa shape index (κ3) is 3.44. The van der Waals surface area contributed by atoms with Crippen molar-refractivity contribution in [2.45, 2.75) is 20.8 Å². The van der Waals surface area contributed by atoms with Crippen molar-refractivity contribution >= 4 is 5.70 Å². The lowest BCUT2D eigenvalue weighted by molar-refractivity contribution is 0.910. The summed E-state index contributed by atoms with van der Waals surface area (Å²) in [7, 11) is 0. The third-order valence-corrected chi connectivity index (χ3v) is 1.47. The van der Waals surface area contributed by atoms with E-state index in [-0.39, 0.29) is 0 Å². The normalized spacial score (nSPS) is 10.1. The minimum absolute atomic E-state index is 0.929. The van der Waals surface area contributed by atoms with Crippen LogP contribution in [0.1, 0.15) is 19.4 Å². The first-order chi connectivity index (χ1) is 6.77. The largest absolute Gasteiger partial charge is 0.241 e. The standard InChI is InChI=1S/C10H12N2.C2H6/c1-4-6-10(5-2)12-8-9(3)7-11-12;1-2/h4-8H,1-2H2,3H3;1-2H3/b10-6+;. The van der Waals surface area contributed by atoms with Crippen molar-refractivity contribution in [3.63, 3.8) is 0 Å². The van der Waals surface area contributed by atoms with E-state index in [9.17, 15) is 0 Å². The predicted molar refractivity (Wildman–Crippen MR) is 63.0 cm³/mol. The van der Waals surface area contributed by atoms with Crippen molar-refractivity contribution in [3.05, 3.63) is 49.3 Å². The van der Waals surface area contributed by atoms with E-state index in [1.54, 1.807) is 23.0 Å². The molecular formula is C12H18N2. The lowest BCUT2D eigenvalue weighted by Crippen LogP contribution is -1.93. The lowest BCUT2D eigenvalue weighted by Gasteiger charge is -1.98. The Hall–Kier alpha value is -1.57. The first kappa shape index (κ1) is 12.4. The minimum atomic E-state index is 0.929. The second kappa shape index (κ2) is 6.89. The van der Waals surface area contributed by atoms with Crippen LogP contribution >= 0.6 is 0 Å². The maximum absolute atomic E-state index is 4.13. The molecule has 1 aromatic rings. The first-order valence-electron chi connectivity index (χ1n) is 4.74. The monoisotopic (exact) mass is 190 g/mol. The fourth-order valence-electron chi connectivity index (χ4n) is 0.913. The zero-order chi connectivity index (χ0) is 11.0. The van der Waals surface area contributed by atoms with Crippen LogP contribution in [-0.4, -0.2) is 9.78 Å². The third-order valence-electron chi connectivity index (χ3n) is 1.47.